The molecule has 1 aromatic heterocycles. The van der Waals surface area contributed by atoms with Crippen molar-refractivity contribution in [2.75, 3.05) is 0 Å². The van der Waals surface area contributed by atoms with Gasteiger partial charge in [-0.2, -0.15) is 13.2 Å². The maximum Gasteiger partial charge on any atom is 0.408 e. The molecule has 0 spiro atoms. The number of nitrogens with zero attached hydrogens (tertiary/aromatic N) is 1. The van der Waals surface area contributed by atoms with Gasteiger partial charge in [0.2, 0.25) is 0 Å². The number of aliphatic carboxylic acids is 1. The first-order chi connectivity index (χ1) is 8.26. The van der Waals surface area contributed by atoms with E-state index in [2.05, 4.69) is 9.97 Å². The van der Waals surface area contributed by atoms with E-state index in [4.69, 9.17) is 5.11 Å². The molecule has 0 bridgehead atoms. The normalized spacial score (nSPS) is 15.6. The van der Waals surface area contributed by atoms with Crippen molar-refractivity contribution in [3.63, 3.8) is 0 Å². The number of aromatic nitrogens is 2. The molecule has 4 nitrogen and oxygen atoms in total. The maximum absolute atomic E-state index is 13.0. The Morgan fingerprint density at radius 2 is 2.06 bits per heavy atom. The summed E-state index contributed by atoms with van der Waals surface area (Å²) in [6, 6.07) is 3.64. The Labute approximate surface area is 99.5 Å². The first kappa shape index (κ1) is 12.4. The summed E-state index contributed by atoms with van der Waals surface area (Å²) in [6.45, 7) is 0.646. The predicted molar refractivity (Wildman–Crippen MR) is 57.1 cm³/mol. The molecule has 1 aromatic carbocycles. The molecule has 2 N–H and O–H groups in total. The minimum atomic E-state index is -4.88. The van der Waals surface area contributed by atoms with Crippen LogP contribution in [0.5, 0.6) is 0 Å². The number of carbonyl (C=O) groups is 1. The van der Waals surface area contributed by atoms with E-state index >= 15 is 0 Å². The highest BCUT2D eigenvalue weighted by atomic mass is 19.4. The molecule has 0 aliphatic rings. The van der Waals surface area contributed by atoms with Gasteiger partial charge in [-0.05, 0) is 24.6 Å². The van der Waals surface area contributed by atoms with Gasteiger partial charge in [-0.1, -0.05) is 6.07 Å². The van der Waals surface area contributed by atoms with Crippen LogP contribution in [0, 0.1) is 0 Å². The number of aromatic amines is 1. The van der Waals surface area contributed by atoms with E-state index in [1.807, 2.05) is 0 Å². The van der Waals surface area contributed by atoms with E-state index in [0.717, 1.165) is 12.1 Å². The summed E-state index contributed by atoms with van der Waals surface area (Å²) < 4.78 is 38.9. The number of halogens is 3. The molecule has 1 atom stereocenters. The fourth-order valence-electron chi connectivity index (χ4n) is 1.65. The summed E-state index contributed by atoms with van der Waals surface area (Å²) in [5, 5.41) is 8.90. The van der Waals surface area contributed by atoms with Gasteiger partial charge in [-0.15, -0.1) is 0 Å². The lowest BCUT2D eigenvalue weighted by Gasteiger charge is -2.27. The number of nitrogens with one attached hydrogen (secondary N) is 1. The number of alkyl halides is 3. The number of H-pyrrole nitrogens is 1. The van der Waals surface area contributed by atoms with Gasteiger partial charge in [-0.25, -0.2) is 4.98 Å². The summed E-state index contributed by atoms with van der Waals surface area (Å²) in [7, 11) is 0. The van der Waals surface area contributed by atoms with E-state index in [9.17, 15) is 18.0 Å². The summed E-state index contributed by atoms with van der Waals surface area (Å²) in [6.07, 6.45) is -3.55. The Morgan fingerprint density at radius 1 is 1.39 bits per heavy atom. The molecule has 0 saturated heterocycles. The van der Waals surface area contributed by atoms with Crippen molar-refractivity contribution >= 4 is 17.0 Å². The lowest BCUT2D eigenvalue weighted by atomic mass is 9.81. The Morgan fingerprint density at radius 3 is 2.61 bits per heavy atom. The maximum atomic E-state index is 13.0. The van der Waals surface area contributed by atoms with Crippen LogP contribution >= 0.6 is 0 Å². The van der Waals surface area contributed by atoms with Gasteiger partial charge >= 0.3 is 12.1 Å². The minimum absolute atomic E-state index is 0.334. The van der Waals surface area contributed by atoms with Crippen LogP contribution < -0.4 is 0 Å². The standard InChI is InChI=1S/C11H9F3N2O2/c1-10(9(17)18,11(12,13)14)6-2-3-7-8(4-6)16-5-15-7/h2-5H,1H3,(H,15,16)(H,17,18). The summed E-state index contributed by atoms with van der Waals surface area (Å²) in [5.74, 6) is -1.94. The second-order valence-corrected chi connectivity index (χ2v) is 4.06. The first-order valence-corrected chi connectivity index (χ1v) is 5.00. The first-order valence-electron chi connectivity index (χ1n) is 5.00. The molecule has 0 saturated carbocycles. The smallest absolute Gasteiger partial charge is 0.408 e. The Hall–Kier alpha value is -2.05. The van der Waals surface area contributed by atoms with Gasteiger partial charge in [0, 0.05) is 0 Å². The summed E-state index contributed by atoms with van der Waals surface area (Å²) >= 11 is 0. The molecule has 96 valence electrons. The SMILES string of the molecule is CC(C(=O)O)(c1ccc2nc[nH]c2c1)C(F)(F)F. The van der Waals surface area contributed by atoms with Crippen molar-refractivity contribution in [2.45, 2.75) is 18.5 Å². The number of benzene rings is 1. The molecule has 1 unspecified atom stereocenters. The molecule has 18 heavy (non-hydrogen) atoms. The number of carboxylic acids is 1. The number of imidazole rings is 1. The van der Waals surface area contributed by atoms with Gasteiger partial charge in [0.25, 0.3) is 0 Å². The zero-order chi connectivity index (χ0) is 13.6. The summed E-state index contributed by atoms with van der Waals surface area (Å²) in [5.41, 5.74) is -2.43. The van der Waals surface area contributed by atoms with Gasteiger partial charge in [-0.3, -0.25) is 4.79 Å². The molecule has 0 aliphatic heterocycles. The van der Waals surface area contributed by atoms with Crippen molar-refractivity contribution in [3.8, 4) is 0 Å². The fraction of sp³-hybridized carbons (Fsp3) is 0.273. The van der Waals surface area contributed by atoms with E-state index in [1.165, 1.54) is 12.4 Å². The van der Waals surface area contributed by atoms with E-state index in [0.29, 0.717) is 18.0 Å². The van der Waals surface area contributed by atoms with Gasteiger partial charge in [0.05, 0.1) is 17.4 Å². The van der Waals surface area contributed by atoms with Crippen LogP contribution in [0.3, 0.4) is 0 Å². The largest absolute Gasteiger partial charge is 0.480 e. The molecule has 0 amide bonds. The zero-order valence-corrected chi connectivity index (χ0v) is 9.25. The third kappa shape index (κ3) is 1.62. The predicted octanol–water partition coefficient (Wildman–Crippen LogP) is 2.47. The van der Waals surface area contributed by atoms with Crippen molar-refractivity contribution < 1.29 is 23.1 Å². The number of hydrogen-bond acceptors (Lipinski definition) is 2. The zero-order valence-electron chi connectivity index (χ0n) is 9.25. The average molecular weight is 258 g/mol. The van der Waals surface area contributed by atoms with Crippen molar-refractivity contribution in [3.05, 3.63) is 30.1 Å². The molecule has 2 rings (SSSR count). The van der Waals surface area contributed by atoms with Crippen molar-refractivity contribution in [2.24, 2.45) is 0 Å². The Kier molecular flexibility index (Phi) is 2.57. The molecule has 0 aliphatic carbocycles. The molecule has 0 fully saturated rings. The Bertz CT molecular complexity index is 606. The van der Waals surface area contributed by atoms with E-state index < -0.39 is 17.6 Å². The van der Waals surface area contributed by atoms with Gasteiger partial charge in [0.1, 0.15) is 0 Å². The van der Waals surface area contributed by atoms with Crippen LogP contribution in [0.25, 0.3) is 11.0 Å². The number of carboxylic acid groups (broad SMARTS) is 1. The molecule has 2 aromatic rings. The topological polar surface area (TPSA) is 66.0 Å². The van der Waals surface area contributed by atoms with Crippen molar-refractivity contribution in [1.29, 1.82) is 0 Å². The van der Waals surface area contributed by atoms with Gasteiger partial charge in [0.15, 0.2) is 5.41 Å². The monoisotopic (exact) mass is 258 g/mol. The number of rotatable bonds is 2. The second-order valence-electron chi connectivity index (χ2n) is 4.06. The van der Waals surface area contributed by atoms with Crippen LogP contribution in [0.4, 0.5) is 13.2 Å². The quantitative estimate of drug-likeness (QED) is 0.869. The van der Waals surface area contributed by atoms with Crippen LogP contribution in [0.1, 0.15) is 12.5 Å². The second kappa shape index (κ2) is 3.72. The highest BCUT2D eigenvalue weighted by molar-refractivity contribution is 5.85. The van der Waals surface area contributed by atoms with E-state index in [-0.39, 0.29) is 5.56 Å². The van der Waals surface area contributed by atoms with Gasteiger partial charge < -0.3 is 10.1 Å². The lowest BCUT2D eigenvalue weighted by Crippen LogP contribution is -2.46. The minimum Gasteiger partial charge on any atom is -0.480 e. The summed E-state index contributed by atoms with van der Waals surface area (Å²) in [4.78, 5) is 17.5. The molecule has 0 radical (unpaired) electrons. The highest BCUT2D eigenvalue weighted by Crippen LogP contribution is 2.41. The molecule has 1 heterocycles. The third-order valence-electron chi connectivity index (χ3n) is 2.99. The van der Waals surface area contributed by atoms with Crippen LogP contribution in [0.2, 0.25) is 0 Å². The lowest BCUT2D eigenvalue weighted by molar-refractivity contribution is -0.201. The molecular formula is C11H9F3N2O2. The van der Waals surface area contributed by atoms with Crippen LogP contribution in [-0.4, -0.2) is 27.2 Å². The van der Waals surface area contributed by atoms with E-state index in [1.54, 1.807) is 0 Å². The average Bonchev–Trinajstić information content (AvgIpc) is 2.72. The third-order valence-corrected chi connectivity index (χ3v) is 2.99. The molecule has 7 heteroatoms. The molecular weight excluding hydrogens is 249 g/mol. The highest BCUT2D eigenvalue weighted by Gasteiger charge is 2.58. The van der Waals surface area contributed by atoms with Crippen LogP contribution in [0.15, 0.2) is 24.5 Å². The number of fused-ring (bicyclic) bond motifs is 1. The Balaban J connectivity index is 2.65. The van der Waals surface area contributed by atoms with Crippen molar-refractivity contribution in [1.82, 2.24) is 9.97 Å². The van der Waals surface area contributed by atoms with Crippen LogP contribution in [-0.2, 0) is 10.2 Å². The fourth-order valence-corrected chi connectivity index (χ4v) is 1.65. The number of hydrogen-bond donors (Lipinski definition) is 2.